The van der Waals surface area contributed by atoms with Crippen LogP contribution in [0.1, 0.15) is 6.92 Å². The van der Waals surface area contributed by atoms with Gasteiger partial charge < -0.3 is 20.9 Å². The number of carboxylic acids is 1. The lowest BCUT2D eigenvalue weighted by Crippen LogP contribution is -2.23. The molecule has 0 radical (unpaired) electrons. The zero-order valence-electron chi connectivity index (χ0n) is 7.46. The molecule has 13 heavy (non-hydrogen) atoms. The number of rotatable bonds is 3. The molecule has 0 aliphatic rings. The predicted octanol–water partition coefficient (Wildman–Crippen LogP) is -0.340. The van der Waals surface area contributed by atoms with Crippen LogP contribution >= 0.6 is 0 Å². The maximum absolute atomic E-state index is 10.5. The van der Waals surface area contributed by atoms with Crippen LogP contribution in [0.25, 0.3) is 0 Å². The second kappa shape index (κ2) is 5.02. The first-order chi connectivity index (χ1) is 5.99. The molecule has 0 aromatic carbocycles. The summed E-state index contributed by atoms with van der Waals surface area (Å²) in [5.41, 5.74) is 5.31. The second-order valence-corrected chi connectivity index (χ2v) is 2.28. The number of hydrogen-bond donors (Lipinski definition) is 3. The fourth-order valence-corrected chi connectivity index (χ4v) is 0.461. The molecule has 0 saturated carbocycles. The molecule has 0 rings (SSSR count). The van der Waals surface area contributed by atoms with Gasteiger partial charge in [0.1, 0.15) is 6.61 Å². The van der Waals surface area contributed by atoms with E-state index in [-0.39, 0.29) is 17.9 Å². The Balaban J connectivity index is 4.14. The number of nitrogens with one attached hydrogen (secondary N) is 1. The summed E-state index contributed by atoms with van der Waals surface area (Å²) < 4.78 is 4.53. The number of carbonyl (C=O) groups excluding carboxylic acids is 1. The van der Waals surface area contributed by atoms with Crippen LogP contribution in [0.2, 0.25) is 0 Å². The van der Waals surface area contributed by atoms with Crippen molar-refractivity contribution in [1.82, 2.24) is 5.32 Å². The summed E-state index contributed by atoms with van der Waals surface area (Å²) in [6, 6.07) is 0. The lowest BCUT2D eigenvalue weighted by Gasteiger charge is -2.05. The molecule has 0 unspecified atom stereocenters. The smallest absolute Gasteiger partial charge is 0.407 e. The second-order valence-electron chi connectivity index (χ2n) is 2.28. The Morgan fingerprint density at radius 1 is 1.54 bits per heavy atom. The fraction of sp³-hybridized carbons (Fsp3) is 0.429. The number of hydrogen-bond acceptors (Lipinski definition) is 4. The fourth-order valence-electron chi connectivity index (χ4n) is 0.461. The van der Waals surface area contributed by atoms with E-state index in [0.717, 1.165) is 0 Å². The van der Waals surface area contributed by atoms with Gasteiger partial charge in [0.15, 0.2) is 0 Å². The third kappa shape index (κ3) is 4.00. The van der Waals surface area contributed by atoms with Gasteiger partial charge in [-0.05, 0) is 6.92 Å². The Hall–Kier alpha value is -1.72. The molecule has 0 heterocycles. The van der Waals surface area contributed by atoms with E-state index in [1.807, 2.05) is 0 Å². The minimum absolute atomic E-state index is 0.0242. The van der Waals surface area contributed by atoms with E-state index in [0.29, 0.717) is 0 Å². The maximum Gasteiger partial charge on any atom is 0.407 e. The van der Waals surface area contributed by atoms with Gasteiger partial charge in [-0.15, -0.1) is 0 Å². The largest absolute Gasteiger partial charge is 0.478 e. The Bertz CT molecular complexity index is 247. The zero-order valence-corrected chi connectivity index (χ0v) is 7.46. The molecule has 74 valence electrons. The number of carbonyl (C=O) groups is 2. The van der Waals surface area contributed by atoms with E-state index in [1.165, 1.54) is 14.0 Å². The number of amides is 1. The van der Waals surface area contributed by atoms with E-state index in [9.17, 15) is 9.59 Å². The molecule has 0 spiro atoms. The van der Waals surface area contributed by atoms with Crippen LogP contribution in [0.4, 0.5) is 4.79 Å². The highest BCUT2D eigenvalue weighted by Gasteiger charge is 2.07. The summed E-state index contributed by atoms with van der Waals surface area (Å²) in [7, 11) is 1.40. The molecule has 6 nitrogen and oxygen atoms in total. The van der Waals surface area contributed by atoms with Gasteiger partial charge in [0.05, 0.1) is 11.3 Å². The van der Waals surface area contributed by atoms with Gasteiger partial charge in [0.25, 0.3) is 0 Å². The van der Waals surface area contributed by atoms with Crippen molar-refractivity contribution in [2.75, 3.05) is 13.7 Å². The van der Waals surface area contributed by atoms with Gasteiger partial charge in [-0.25, -0.2) is 9.59 Å². The number of alkyl carbamates (subject to hydrolysis) is 1. The minimum atomic E-state index is -1.13. The van der Waals surface area contributed by atoms with Crippen molar-refractivity contribution in [3.05, 3.63) is 11.3 Å². The molecule has 0 fully saturated rings. The quantitative estimate of drug-likeness (QED) is 0.526. The summed E-state index contributed by atoms with van der Waals surface area (Å²) in [4.78, 5) is 20.9. The summed E-state index contributed by atoms with van der Waals surface area (Å²) in [6.45, 7) is 1.11. The highest BCUT2D eigenvalue weighted by Crippen LogP contribution is 1.98. The molecule has 0 aliphatic heterocycles. The number of aliphatic carboxylic acids is 1. The van der Waals surface area contributed by atoms with Gasteiger partial charge in [-0.1, -0.05) is 0 Å². The molecule has 1 amide bonds. The molecule has 0 bridgehead atoms. The third-order valence-corrected chi connectivity index (χ3v) is 1.37. The average molecular weight is 188 g/mol. The molecular weight excluding hydrogens is 176 g/mol. The van der Waals surface area contributed by atoms with Crippen molar-refractivity contribution in [3.63, 3.8) is 0 Å². The van der Waals surface area contributed by atoms with Crippen molar-refractivity contribution in [2.45, 2.75) is 6.92 Å². The van der Waals surface area contributed by atoms with Crippen molar-refractivity contribution >= 4 is 12.1 Å². The third-order valence-electron chi connectivity index (χ3n) is 1.37. The van der Waals surface area contributed by atoms with Crippen LogP contribution in [0.3, 0.4) is 0 Å². The van der Waals surface area contributed by atoms with Crippen molar-refractivity contribution < 1.29 is 19.4 Å². The molecule has 0 aromatic rings. The number of carboxylic acid groups (broad SMARTS) is 1. The SMILES string of the molecule is CNC(=O)OCC(N)=C(C)C(=O)O. The summed E-state index contributed by atoms with van der Waals surface area (Å²) >= 11 is 0. The molecular formula is C7H12N2O4. The van der Waals surface area contributed by atoms with Gasteiger partial charge >= 0.3 is 12.1 Å². The normalized spacial score (nSPS) is 11.5. The Morgan fingerprint density at radius 2 is 2.08 bits per heavy atom. The van der Waals surface area contributed by atoms with Crippen LogP contribution < -0.4 is 11.1 Å². The number of nitrogens with two attached hydrogens (primary N) is 1. The maximum atomic E-state index is 10.5. The van der Waals surface area contributed by atoms with Crippen molar-refractivity contribution in [2.24, 2.45) is 5.73 Å². The standard InChI is InChI=1S/C7H12N2O4/c1-4(6(10)11)5(8)3-13-7(12)9-2/h3,8H2,1-2H3,(H,9,12)(H,10,11). The van der Waals surface area contributed by atoms with E-state index in [1.54, 1.807) is 0 Å². The summed E-state index contributed by atoms with van der Waals surface area (Å²) in [5.74, 6) is -1.13. The van der Waals surface area contributed by atoms with Gasteiger partial charge in [0.2, 0.25) is 0 Å². The molecule has 0 atom stereocenters. The van der Waals surface area contributed by atoms with Crippen LogP contribution in [-0.2, 0) is 9.53 Å². The summed E-state index contributed by atoms with van der Waals surface area (Å²) in [5, 5.41) is 10.7. The van der Waals surface area contributed by atoms with E-state index in [4.69, 9.17) is 10.8 Å². The predicted molar refractivity (Wildman–Crippen MR) is 44.9 cm³/mol. The van der Waals surface area contributed by atoms with Crippen LogP contribution in [0, 0.1) is 0 Å². The summed E-state index contributed by atoms with van der Waals surface area (Å²) in [6.07, 6.45) is -0.652. The molecule has 6 heteroatoms. The lowest BCUT2D eigenvalue weighted by molar-refractivity contribution is -0.132. The van der Waals surface area contributed by atoms with Gasteiger partial charge in [-0.2, -0.15) is 0 Å². The van der Waals surface area contributed by atoms with Gasteiger partial charge in [0, 0.05) is 7.05 Å². The molecule has 0 saturated heterocycles. The van der Waals surface area contributed by atoms with Crippen molar-refractivity contribution in [3.8, 4) is 0 Å². The first kappa shape index (κ1) is 11.3. The van der Waals surface area contributed by atoms with Crippen molar-refractivity contribution in [1.29, 1.82) is 0 Å². The topological polar surface area (TPSA) is 102 Å². The Kier molecular flexibility index (Phi) is 4.36. The van der Waals surface area contributed by atoms with E-state index in [2.05, 4.69) is 10.1 Å². The van der Waals surface area contributed by atoms with Crippen LogP contribution in [-0.4, -0.2) is 30.8 Å². The highest BCUT2D eigenvalue weighted by atomic mass is 16.5. The first-order valence-electron chi connectivity index (χ1n) is 3.52. The van der Waals surface area contributed by atoms with Gasteiger partial charge in [-0.3, -0.25) is 0 Å². The van der Waals surface area contributed by atoms with E-state index < -0.39 is 12.1 Å². The monoisotopic (exact) mass is 188 g/mol. The van der Waals surface area contributed by atoms with Crippen LogP contribution in [0.15, 0.2) is 11.3 Å². The molecule has 4 N–H and O–H groups in total. The lowest BCUT2D eigenvalue weighted by atomic mass is 10.2. The molecule has 0 aliphatic carbocycles. The Labute approximate surface area is 75.4 Å². The van der Waals surface area contributed by atoms with Crippen LogP contribution in [0.5, 0.6) is 0 Å². The first-order valence-corrected chi connectivity index (χ1v) is 3.52. The highest BCUT2D eigenvalue weighted by molar-refractivity contribution is 5.86. The zero-order chi connectivity index (χ0) is 10.4. The minimum Gasteiger partial charge on any atom is -0.478 e. The Morgan fingerprint density at radius 3 is 2.46 bits per heavy atom. The molecule has 0 aromatic heterocycles. The number of ether oxygens (including phenoxy) is 1. The average Bonchev–Trinajstić information content (AvgIpc) is 2.11. The van der Waals surface area contributed by atoms with E-state index >= 15 is 0 Å².